The molecule has 1 aliphatic rings. The van der Waals surface area contributed by atoms with Crippen molar-refractivity contribution < 1.29 is 14.3 Å². The van der Waals surface area contributed by atoms with Crippen LogP contribution in [0.15, 0.2) is 52.5 Å². The summed E-state index contributed by atoms with van der Waals surface area (Å²) >= 11 is 3.44. The van der Waals surface area contributed by atoms with Crippen molar-refractivity contribution in [3.63, 3.8) is 0 Å². The lowest BCUT2D eigenvalue weighted by Crippen LogP contribution is -2.26. The highest BCUT2D eigenvalue weighted by atomic mass is 79.9. The van der Waals surface area contributed by atoms with Gasteiger partial charge in [0.25, 0.3) is 5.91 Å². The first-order valence-corrected chi connectivity index (χ1v) is 9.36. The molecule has 138 valence electrons. The van der Waals surface area contributed by atoms with E-state index in [4.69, 9.17) is 9.47 Å². The third kappa shape index (κ3) is 5.35. The van der Waals surface area contributed by atoms with Gasteiger partial charge in [-0.1, -0.05) is 34.1 Å². The zero-order valence-electron chi connectivity index (χ0n) is 14.9. The molecule has 0 bridgehead atoms. The first-order chi connectivity index (χ1) is 13.1. The number of hydrogen-bond donors (Lipinski definition) is 1. The maximum absolute atomic E-state index is 12.1. The summed E-state index contributed by atoms with van der Waals surface area (Å²) in [7, 11) is 1.57. The van der Waals surface area contributed by atoms with Crippen LogP contribution in [0.1, 0.15) is 24.0 Å². The smallest absolute Gasteiger partial charge is 0.262 e. The van der Waals surface area contributed by atoms with E-state index in [1.54, 1.807) is 31.4 Å². The van der Waals surface area contributed by atoms with E-state index in [0.717, 1.165) is 22.9 Å². The van der Waals surface area contributed by atoms with E-state index >= 15 is 0 Å². The first kappa shape index (κ1) is 19.0. The minimum Gasteiger partial charge on any atom is -0.493 e. The van der Waals surface area contributed by atoms with E-state index in [1.165, 1.54) is 0 Å². The molecule has 0 aromatic heterocycles. The number of hydrogen-bond acceptors (Lipinski definition) is 4. The van der Waals surface area contributed by atoms with Crippen LogP contribution in [0.4, 0.5) is 0 Å². The van der Waals surface area contributed by atoms with Gasteiger partial charge in [-0.05, 0) is 54.3 Å². The van der Waals surface area contributed by atoms with Gasteiger partial charge in [0.15, 0.2) is 11.5 Å². The van der Waals surface area contributed by atoms with E-state index in [1.807, 2.05) is 30.3 Å². The molecule has 1 saturated carbocycles. The van der Waals surface area contributed by atoms with Crippen LogP contribution in [0.2, 0.25) is 0 Å². The third-order valence-electron chi connectivity index (χ3n) is 4.06. The van der Waals surface area contributed by atoms with Gasteiger partial charge in [-0.15, -0.1) is 0 Å². The average molecular weight is 427 g/mol. The number of methoxy groups -OCH3 is 1. The van der Waals surface area contributed by atoms with Gasteiger partial charge in [-0.25, -0.2) is 0 Å². The van der Waals surface area contributed by atoms with Gasteiger partial charge in [0.1, 0.15) is 18.2 Å². The summed E-state index contributed by atoms with van der Waals surface area (Å²) in [5.41, 5.74) is 1.78. The number of nitriles is 1. The number of nitrogens with zero attached hydrogens (tertiary/aromatic N) is 1. The summed E-state index contributed by atoms with van der Waals surface area (Å²) in [5, 5.41) is 12.1. The van der Waals surface area contributed by atoms with Crippen LogP contribution >= 0.6 is 15.9 Å². The van der Waals surface area contributed by atoms with Crippen LogP contribution in [0.5, 0.6) is 11.5 Å². The lowest BCUT2D eigenvalue weighted by molar-refractivity contribution is -0.117. The van der Waals surface area contributed by atoms with Crippen LogP contribution in [-0.2, 0) is 11.4 Å². The molecule has 5 nitrogen and oxygen atoms in total. The summed E-state index contributed by atoms with van der Waals surface area (Å²) < 4.78 is 12.2. The molecule has 2 aromatic rings. The summed E-state index contributed by atoms with van der Waals surface area (Å²) in [4.78, 5) is 12.1. The molecule has 0 spiro atoms. The largest absolute Gasteiger partial charge is 0.493 e. The minimum atomic E-state index is -0.340. The molecule has 0 heterocycles. The van der Waals surface area contributed by atoms with E-state index in [2.05, 4.69) is 21.2 Å². The van der Waals surface area contributed by atoms with E-state index in [9.17, 15) is 10.1 Å². The number of nitrogens with one attached hydrogen (secondary N) is 1. The number of carbonyl (C=O) groups excluding carboxylic acids is 1. The Balaban J connectivity index is 1.78. The Morgan fingerprint density at radius 3 is 2.78 bits per heavy atom. The molecule has 2 aromatic carbocycles. The van der Waals surface area contributed by atoms with E-state index < -0.39 is 0 Å². The standard InChI is InChI=1S/C21H19BrN2O3/c1-26-19-8-5-14(9-16(12-23)21(25)24-18-6-7-18)11-20(19)27-13-15-3-2-4-17(22)10-15/h2-5,8-11,18H,6-7,13H2,1H3,(H,24,25). The second kappa shape index (κ2) is 8.74. The summed E-state index contributed by atoms with van der Waals surface area (Å²) in [5.74, 6) is 0.793. The van der Waals surface area contributed by atoms with E-state index in [0.29, 0.717) is 23.7 Å². The summed E-state index contributed by atoms with van der Waals surface area (Å²) in [6.45, 7) is 0.371. The van der Waals surface area contributed by atoms with Gasteiger partial charge in [-0.3, -0.25) is 4.79 Å². The molecule has 1 fully saturated rings. The van der Waals surface area contributed by atoms with E-state index in [-0.39, 0.29) is 17.5 Å². The third-order valence-corrected chi connectivity index (χ3v) is 4.55. The second-order valence-electron chi connectivity index (χ2n) is 6.25. The van der Waals surface area contributed by atoms with Crippen molar-refractivity contribution in [1.82, 2.24) is 5.32 Å². The van der Waals surface area contributed by atoms with Crippen molar-refractivity contribution in [2.75, 3.05) is 7.11 Å². The van der Waals surface area contributed by atoms with Crippen molar-refractivity contribution in [3.05, 3.63) is 63.6 Å². The molecule has 1 amide bonds. The zero-order valence-corrected chi connectivity index (χ0v) is 16.5. The summed E-state index contributed by atoms with van der Waals surface area (Å²) in [6.07, 6.45) is 3.50. The van der Waals surface area contributed by atoms with Crippen LogP contribution in [-0.4, -0.2) is 19.1 Å². The predicted molar refractivity (Wildman–Crippen MR) is 106 cm³/mol. The van der Waals surface area contributed by atoms with Gasteiger partial charge >= 0.3 is 0 Å². The number of benzene rings is 2. The molecule has 1 N–H and O–H groups in total. The number of halogens is 1. The van der Waals surface area contributed by atoms with Crippen LogP contribution < -0.4 is 14.8 Å². The van der Waals surface area contributed by atoms with Gasteiger partial charge in [0.05, 0.1) is 7.11 Å². The van der Waals surface area contributed by atoms with Crippen molar-refractivity contribution in [3.8, 4) is 17.6 Å². The highest BCUT2D eigenvalue weighted by molar-refractivity contribution is 9.10. The van der Waals surface area contributed by atoms with Crippen LogP contribution in [0, 0.1) is 11.3 Å². The van der Waals surface area contributed by atoms with Crippen LogP contribution in [0.3, 0.4) is 0 Å². The molecule has 27 heavy (non-hydrogen) atoms. The molecule has 0 unspecified atom stereocenters. The maximum Gasteiger partial charge on any atom is 0.262 e. The Morgan fingerprint density at radius 2 is 2.11 bits per heavy atom. The first-order valence-electron chi connectivity index (χ1n) is 8.57. The van der Waals surface area contributed by atoms with Crippen LogP contribution in [0.25, 0.3) is 6.08 Å². The number of carbonyl (C=O) groups is 1. The topological polar surface area (TPSA) is 71.3 Å². The quantitative estimate of drug-likeness (QED) is 0.531. The van der Waals surface area contributed by atoms with Gasteiger partial charge in [-0.2, -0.15) is 5.26 Å². The Hall–Kier alpha value is -2.78. The monoisotopic (exact) mass is 426 g/mol. The molecule has 0 radical (unpaired) electrons. The number of rotatable bonds is 7. The van der Waals surface area contributed by atoms with Crippen molar-refractivity contribution in [2.24, 2.45) is 0 Å². The van der Waals surface area contributed by atoms with Gasteiger partial charge < -0.3 is 14.8 Å². The molecule has 0 saturated heterocycles. The van der Waals surface area contributed by atoms with Crippen molar-refractivity contribution >= 4 is 27.9 Å². The molecule has 0 atom stereocenters. The predicted octanol–water partition coefficient (Wildman–Crippen LogP) is 4.22. The molecular weight excluding hydrogens is 408 g/mol. The molecule has 0 aliphatic heterocycles. The molecule has 1 aliphatic carbocycles. The Morgan fingerprint density at radius 1 is 1.30 bits per heavy atom. The fraction of sp³-hybridized carbons (Fsp3) is 0.238. The lowest BCUT2D eigenvalue weighted by Gasteiger charge is -2.12. The Labute approximate surface area is 166 Å². The normalized spacial score (nSPS) is 13.6. The van der Waals surface area contributed by atoms with Gasteiger partial charge in [0, 0.05) is 10.5 Å². The van der Waals surface area contributed by atoms with Gasteiger partial charge in [0.2, 0.25) is 0 Å². The van der Waals surface area contributed by atoms with Crippen molar-refractivity contribution in [2.45, 2.75) is 25.5 Å². The Bertz CT molecular complexity index is 914. The average Bonchev–Trinajstić information content (AvgIpc) is 3.48. The minimum absolute atomic E-state index is 0.0741. The van der Waals surface area contributed by atoms with Crippen molar-refractivity contribution in [1.29, 1.82) is 5.26 Å². The summed E-state index contributed by atoms with van der Waals surface area (Å²) in [6, 6.07) is 15.3. The molecular formula is C21H19BrN2O3. The fourth-order valence-electron chi connectivity index (χ4n) is 2.49. The SMILES string of the molecule is COc1ccc(C=C(C#N)C(=O)NC2CC2)cc1OCc1cccc(Br)c1. The highest BCUT2D eigenvalue weighted by Crippen LogP contribution is 2.30. The molecule has 6 heteroatoms. The fourth-order valence-corrected chi connectivity index (χ4v) is 2.94. The number of amides is 1. The Kier molecular flexibility index (Phi) is 6.15. The maximum atomic E-state index is 12.1. The second-order valence-corrected chi connectivity index (χ2v) is 7.16. The lowest BCUT2D eigenvalue weighted by atomic mass is 10.1. The zero-order chi connectivity index (χ0) is 19.2. The highest BCUT2D eigenvalue weighted by Gasteiger charge is 2.24. The molecule has 3 rings (SSSR count). The number of ether oxygens (including phenoxy) is 2.